The molecule has 1 aromatic heterocycles. The van der Waals surface area contributed by atoms with Crippen molar-refractivity contribution in [3.63, 3.8) is 0 Å². The van der Waals surface area contributed by atoms with Crippen LogP contribution >= 0.6 is 0 Å². The van der Waals surface area contributed by atoms with Gasteiger partial charge >= 0.3 is 0 Å². The molecule has 0 aliphatic carbocycles. The largest absolute Gasteiger partial charge is 0.354 e. The zero-order chi connectivity index (χ0) is 13.9. The highest BCUT2D eigenvalue weighted by Gasteiger charge is 2.04. The molecule has 0 fully saturated rings. The molecule has 3 aromatic rings. The summed E-state index contributed by atoms with van der Waals surface area (Å²) < 4.78 is 0. The van der Waals surface area contributed by atoms with Crippen molar-refractivity contribution < 1.29 is 4.79 Å². The molecular weight excluding hydrogens is 248 g/mol. The van der Waals surface area contributed by atoms with E-state index in [1.807, 2.05) is 54.6 Å². The number of Topliss-reactive ketones (excluding diaryl/α,β-unsaturated/α-hetero) is 1. The summed E-state index contributed by atoms with van der Waals surface area (Å²) in [5.41, 5.74) is 3.44. The van der Waals surface area contributed by atoms with Crippen molar-refractivity contribution in [2.24, 2.45) is 0 Å². The van der Waals surface area contributed by atoms with Gasteiger partial charge in [0.2, 0.25) is 0 Å². The molecule has 0 amide bonds. The summed E-state index contributed by atoms with van der Waals surface area (Å²) in [5.74, 6) is 0.0599. The van der Waals surface area contributed by atoms with Crippen molar-refractivity contribution in [2.75, 3.05) is 5.32 Å². The first-order valence-electron chi connectivity index (χ1n) is 6.46. The number of para-hydroxylation sites is 1. The van der Waals surface area contributed by atoms with Crippen molar-refractivity contribution in [1.82, 2.24) is 4.98 Å². The van der Waals surface area contributed by atoms with Gasteiger partial charge in [0, 0.05) is 22.8 Å². The third-order valence-corrected chi connectivity index (χ3v) is 3.18. The number of rotatable bonds is 3. The Kier molecular flexibility index (Phi) is 3.17. The molecule has 0 spiro atoms. The Morgan fingerprint density at radius 2 is 1.85 bits per heavy atom. The Balaban J connectivity index is 2.01. The van der Waals surface area contributed by atoms with Crippen molar-refractivity contribution in [2.45, 2.75) is 6.92 Å². The lowest BCUT2D eigenvalue weighted by atomic mass is 10.1. The van der Waals surface area contributed by atoms with Gasteiger partial charge in [0.25, 0.3) is 0 Å². The van der Waals surface area contributed by atoms with Crippen molar-refractivity contribution in [1.29, 1.82) is 0 Å². The lowest BCUT2D eigenvalue weighted by Gasteiger charge is -2.09. The molecule has 3 rings (SSSR count). The third kappa shape index (κ3) is 2.38. The van der Waals surface area contributed by atoms with Gasteiger partial charge in [-0.1, -0.05) is 30.3 Å². The minimum atomic E-state index is 0.0599. The molecule has 1 N–H and O–H groups in total. The van der Waals surface area contributed by atoms with Crippen LogP contribution < -0.4 is 5.32 Å². The highest BCUT2D eigenvalue weighted by molar-refractivity contribution is 5.96. The van der Waals surface area contributed by atoms with E-state index in [4.69, 9.17) is 0 Å². The summed E-state index contributed by atoms with van der Waals surface area (Å²) in [7, 11) is 0. The molecule has 98 valence electrons. The van der Waals surface area contributed by atoms with Crippen LogP contribution in [0.15, 0.2) is 60.8 Å². The average Bonchev–Trinajstić information content (AvgIpc) is 2.48. The standard InChI is InChI=1S/C17H14N2O/c1-12(20)14-6-2-8-15(11-14)19-16-9-3-5-13-7-4-10-18-17(13)16/h2-11,19H,1H3. The van der Waals surface area contributed by atoms with Gasteiger partial charge in [-0.25, -0.2) is 0 Å². The second kappa shape index (κ2) is 5.13. The highest BCUT2D eigenvalue weighted by atomic mass is 16.1. The van der Waals surface area contributed by atoms with Crippen LogP contribution in [-0.4, -0.2) is 10.8 Å². The third-order valence-electron chi connectivity index (χ3n) is 3.18. The molecule has 0 aliphatic rings. The second-order valence-electron chi connectivity index (χ2n) is 4.64. The van der Waals surface area contributed by atoms with Gasteiger partial charge in [-0.05, 0) is 31.2 Å². The number of benzene rings is 2. The van der Waals surface area contributed by atoms with Gasteiger partial charge in [0.1, 0.15) is 0 Å². The lowest BCUT2D eigenvalue weighted by Crippen LogP contribution is -1.96. The summed E-state index contributed by atoms with van der Waals surface area (Å²) in [4.78, 5) is 15.8. The van der Waals surface area contributed by atoms with E-state index in [0.29, 0.717) is 5.56 Å². The van der Waals surface area contributed by atoms with E-state index < -0.39 is 0 Å². The van der Waals surface area contributed by atoms with E-state index in [-0.39, 0.29) is 5.78 Å². The van der Waals surface area contributed by atoms with Crippen molar-refractivity contribution in [3.8, 4) is 0 Å². The van der Waals surface area contributed by atoms with Crippen LogP contribution in [0.4, 0.5) is 11.4 Å². The zero-order valence-electron chi connectivity index (χ0n) is 11.1. The molecule has 0 saturated carbocycles. The summed E-state index contributed by atoms with van der Waals surface area (Å²) in [6, 6.07) is 17.4. The Hall–Kier alpha value is -2.68. The number of carbonyl (C=O) groups is 1. The van der Waals surface area contributed by atoms with Crippen LogP contribution in [0.5, 0.6) is 0 Å². The first-order valence-corrected chi connectivity index (χ1v) is 6.46. The molecular formula is C17H14N2O. The van der Waals surface area contributed by atoms with E-state index in [2.05, 4.69) is 10.3 Å². The van der Waals surface area contributed by atoms with Crippen LogP contribution in [0.2, 0.25) is 0 Å². The number of hydrogen-bond acceptors (Lipinski definition) is 3. The van der Waals surface area contributed by atoms with Crippen molar-refractivity contribution >= 4 is 28.1 Å². The molecule has 3 heteroatoms. The predicted molar refractivity (Wildman–Crippen MR) is 81.5 cm³/mol. The maximum atomic E-state index is 11.4. The Labute approximate surface area is 117 Å². The van der Waals surface area contributed by atoms with E-state index >= 15 is 0 Å². The number of aromatic nitrogens is 1. The van der Waals surface area contributed by atoms with Crippen LogP contribution in [0.25, 0.3) is 10.9 Å². The molecule has 0 radical (unpaired) electrons. The summed E-state index contributed by atoms with van der Waals surface area (Å²) >= 11 is 0. The van der Waals surface area contributed by atoms with Crippen LogP contribution in [-0.2, 0) is 0 Å². The van der Waals surface area contributed by atoms with Gasteiger partial charge in [0.15, 0.2) is 5.78 Å². The SMILES string of the molecule is CC(=O)c1cccc(Nc2cccc3cccnc23)c1. The molecule has 20 heavy (non-hydrogen) atoms. The summed E-state index contributed by atoms with van der Waals surface area (Å²) in [6.07, 6.45) is 1.78. The number of hydrogen-bond donors (Lipinski definition) is 1. The van der Waals surface area contributed by atoms with Crippen LogP contribution in [0.1, 0.15) is 17.3 Å². The fraction of sp³-hybridized carbons (Fsp3) is 0.0588. The Bertz CT molecular complexity index is 775. The quantitative estimate of drug-likeness (QED) is 0.720. The molecule has 0 bridgehead atoms. The second-order valence-corrected chi connectivity index (χ2v) is 4.64. The van der Waals surface area contributed by atoms with Gasteiger partial charge < -0.3 is 5.32 Å². The van der Waals surface area contributed by atoms with E-state index in [1.165, 1.54) is 0 Å². The number of anilines is 2. The fourth-order valence-corrected chi connectivity index (χ4v) is 2.18. The van der Waals surface area contributed by atoms with Gasteiger partial charge in [-0.2, -0.15) is 0 Å². The van der Waals surface area contributed by atoms with E-state index in [1.54, 1.807) is 13.1 Å². The summed E-state index contributed by atoms with van der Waals surface area (Å²) in [5, 5.41) is 4.41. The summed E-state index contributed by atoms with van der Waals surface area (Å²) in [6.45, 7) is 1.57. The number of fused-ring (bicyclic) bond motifs is 1. The average molecular weight is 262 g/mol. The molecule has 0 unspecified atom stereocenters. The fourth-order valence-electron chi connectivity index (χ4n) is 2.18. The van der Waals surface area contributed by atoms with E-state index in [9.17, 15) is 4.79 Å². The Morgan fingerprint density at radius 1 is 1.05 bits per heavy atom. The number of carbonyl (C=O) groups excluding carboxylic acids is 1. The number of pyridine rings is 1. The minimum absolute atomic E-state index is 0.0599. The van der Waals surface area contributed by atoms with Crippen LogP contribution in [0.3, 0.4) is 0 Å². The first kappa shape index (κ1) is 12.4. The molecule has 0 aliphatic heterocycles. The maximum Gasteiger partial charge on any atom is 0.159 e. The predicted octanol–water partition coefficient (Wildman–Crippen LogP) is 4.18. The smallest absolute Gasteiger partial charge is 0.159 e. The maximum absolute atomic E-state index is 11.4. The normalized spacial score (nSPS) is 10.4. The van der Waals surface area contributed by atoms with E-state index in [0.717, 1.165) is 22.3 Å². The molecule has 1 heterocycles. The van der Waals surface area contributed by atoms with Crippen LogP contribution in [0, 0.1) is 0 Å². The number of nitrogens with one attached hydrogen (secondary N) is 1. The number of nitrogens with zero attached hydrogens (tertiary/aromatic N) is 1. The molecule has 3 nitrogen and oxygen atoms in total. The lowest BCUT2D eigenvalue weighted by molar-refractivity contribution is 0.101. The van der Waals surface area contributed by atoms with Gasteiger partial charge in [-0.15, -0.1) is 0 Å². The first-order chi connectivity index (χ1) is 9.74. The highest BCUT2D eigenvalue weighted by Crippen LogP contribution is 2.24. The molecule has 0 saturated heterocycles. The van der Waals surface area contributed by atoms with Crippen molar-refractivity contribution in [3.05, 3.63) is 66.4 Å². The molecule has 0 atom stereocenters. The zero-order valence-corrected chi connectivity index (χ0v) is 11.1. The monoisotopic (exact) mass is 262 g/mol. The Morgan fingerprint density at radius 3 is 2.70 bits per heavy atom. The topological polar surface area (TPSA) is 42.0 Å². The van der Waals surface area contributed by atoms with Gasteiger partial charge in [-0.3, -0.25) is 9.78 Å². The minimum Gasteiger partial charge on any atom is -0.354 e. The number of ketones is 1. The van der Waals surface area contributed by atoms with Gasteiger partial charge in [0.05, 0.1) is 11.2 Å². The molecule has 2 aromatic carbocycles.